The quantitative estimate of drug-likeness (QED) is 0.882. The van der Waals surface area contributed by atoms with Crippen molar-refractivity contribution in [3.63, 3.8) is 0 Å². The molecule has 2 atom stereocenters. The molecule has 1 aliphatic heterocycles. The predicted molar refractivity (Wildman–Crippen MR) is 96.9 cm³/mol. The minimum Gasteiger partial charge on any atom is -0.494 e. The molecule has 1 aromatic carbocycles. The molecule has 0 unspecified atom stereocenters. The Bertz CT molecular complexity index is 766. The van der Waals surface area contributed by atoms with E-state index in [1.807, 2.05) is 31.2 Å². The minimum absolute atomic E-state index is 0.0506. The number of amides is 1. The molecular formula is C19H22N2O2S. The van der Waals surface area contributed by atoms with Crippen molar-refractivity contribution in [1.29, 1.82) is 0 Å². The first kappa shape index (κ1) is 15.5. The van der Waals surface area contributed by atoms with Crippen LogP contribution in [0.3, 0.4) is 0 Å². The van der Waals surface area contributed by atoms with E-state index in [1.54, 1.807) is 11.3 Å². The summed E-state index contributed by atoms with van der Waals surface area (Å²) in [6, 6.07) is 7.90. The van der Waals surface area contributed by atoms with Gasteiger partial charge in [-0.05, 0) is 55.4 Å². The monoisotopic (exact) mass is 342 g/mol. The third-order valence-corrected chi connectivity index (χ3v) is 6.00. The second-order valence-electron chi connectivity index (χ2n) is 6.61. The normalized spacial score (nSPS) is 22.2. The number of hydrogen-bond donors (Lipinski definition) is 2. The number of thiophene rings is 1. The summed E-state index contributed by atoms with van der Waals surface area (Å²) < 4.78 is 5.48. The topological polar surface area (TPSA) is 50.4 Å². The van der Waals surface area contributed by atoms with Crippen LogP contribution in [0.5, 0.6) is 5.75 Å². The van der Waals surface area contributed by atoms with E-state index in [0.29, 0.717) is 12.5 Å². The molecule has 24 heavy (non-hydrogen) atoms. The lowest BCUT2D eigenvalue weighted by atomic mass is 9.88. The van der Waals surface area contributed by atoms with Crippen LogP contribution >= 0.6 is 11.3 Å². The van der Waals surface area contributed by atoms with Crippen LogP contribution in [0.4, 0.5) is 5.00 Å². The summed E-state index contributed by atoms with van der Waals surface area (Å²) >= 11 is 1.76. The van der Waals surface area contributed by atoms with E-state index in [1.165, 1.54) is 16.9 Å². The highest BCUT2D eigenvalue weighted by Crippen LogP contribution is 2.42. The van der Waals surface area contributed by atoms with E-state index >= 15 is 0 Å². The Hall–Kier alpha value is -2.01. The molecule has 1 aliphatic carbocycles. The number of carbonyl (C=O) groups is 1. The summed E-state index contributed by atoms with van der Waals surface area (Å²) in [6.07, 6.45) is 3.10. The zero-order valence-corrected chi connectivity index (χ0v) is 14.8. The van der Waals surface area contributed by atoms with Gasteiger partial charge in [0.2, 0.25) is 0 Å². The molecule has 0 radical (unpaired) electrons. The van der Waals surface area contributed by atoms with E-state index in [2.05, 4.69) is 17.6 Å². The van der Waals surface area contributed by atoms with Gasteiger partial charge in [0.05, 0.1) is 12.2 Å². The van der Waals surface area contributed by atoms with Gasteiger partial charge in [0.1, 0.15) is 16.9 Å². The second kappa shape index (κ2) is 6.13. The van der Waals surface area contributed by atoms with Crippen LogP contribution < -0.4 is 15.4 Å². The SMILES string of the molecule is CCOc1ccc([C@H]2NC(=O)c3c(sc4c3CC[C@@H](C)C4)N2)cc1. The van der Waals surface area contributed by atoms with Crippen LogP contribution in [0.2, 0.25) is 0 Å². The molecule has 4 nitrogen and oxygen atoms in total. The largest absolute Gasteiger partial charge is 0.494 e. The number of hydrogen-bond acceptors (Lipinski definition) is 4. The summed E-state index contributed by atoms with van der Waals surface area (Å²) in [5.41, 5.74) is 3.18. The number of ether oxygens (including phenoxy) is 1. The van der Waals surface area contributed by atoms with Crippen molar-refractivity contribution in [2.24, 2.45) is 5.92 Å². The van der Waals surface area contributed by atoms with E-state index in [9.17, 15) is 4.79 Å². The Morgan fingerprint density at radius 3 is 2.79 bits per heavy atom. The molecule has 0 saturated heterocycles. The van der Waals surface area contributed by atoms with Gasteiger partial charge in [-0.1, -0.05) is 19.1 Å². The van der Waals surface area contributed by atoms with Crippen molar-refractivity contribution in [2.45, 2.75) is 39.3 Å². The van der Waals surface area contributed by atoms with Gasteiger partial charge in [0.15, 0.2) is 0 Å². The number of benzene rings is 1. The summed E-state index contributed by atoms with van der Waals surface area (Å²) in [6.45, 7) is 4.91. The van der Waals surface area contributed by atoms with Gasteiger partial charge in [0.25, 0.3) is 5.91 Å². The van der Waals surface area contributed by atoms with Crippen molar-refractivity contribution in [3.8, 4) is 5.75 Å². The maximum absolute atomic E-state index is 12.7. The smallest absolute Gasteiger partial charge is 0.256 e. The molecule has 126 valence electrons. The number of rotatable bonds is 3. The first-order valence-electron chi connectivity index (χ1n) is 8.60. The third-order valence-electron chi connectivity index (χ3n) is 4.81. The first-order chi connectivity index (χ1) is 11.7. The molecule has 2 aromatic rings. The summed E-state index contributed by atoms with van der Waals surface area (Å²) in [7, 11) is 0. The molecule has 0 spiro atoms. The van der Waals surface area contributed by atoms with Crippen LogP contribution in [0.1, 0.15) is 52.8 Å². The summed E-state index contributed by atoms with van der Waals surface area (Å²) in [5, 5.41) is 7.64. The molecule has 1 aromatic heterocycles. The molecule has 0 bridgehead atoms. The Morgan fingerprint density at radius 2 is 2.04 bits per heavy atom. The van der Waals surface area contributed by atoms with Gasteiger partial charge in [-0.2, -0.15) is 0 Å². The molecular weight excluding hydrogens is 320 g/mol. The molecule has 2 heterocycles. The highest BCUT2D eigenvalue weighted by molar-refractivity contribution is 7.16. The number of nitrogens with one attached hydrogen (secondary N) is 2. The maximum atomic E-state index is 12.7. The maximum Gasteiger partial charge on any atom is 0.256 e. The van der Waals surface area contributed by atoms with Gasteiger partial charge in [0, 0.05) is 4.88 Å². The fourth-order valence-electron chi connectivity index (χ4n) is 3.55. The first-order valence-corrected chi connectivity index (χ1v) is 9.42. The molecule has 1 amide bonds. The average molecular weight is 342 g/mol. The van der Waals surface area contributed by atoms with E-state index < -0.39 is 0 Å². The highest BCUT2D eigenvalue weighted by atomic mass is 32.1. The predicted octanol–water partition coefficient (Wildman–Crippen LogP) is 4.13. The Morgan fingerprint density at radius 1 is 1.25 bits per heavy atom. The van der Waals surface area contributed by atoms with Gasteiger partial charge < -0.3 is 15.4 Å². The average Bonchev–Trinajstić information content (AvgIpc) is 2.93. The van der Waals surface area contributed by atoms with Crippen molar-refractivity contribution in [2.75, 3.05) is 11.9 Å². The van der Waals surface area contributed by atoms with Crippen LogP contribution in [0.25, 0.3) is 0 Å². The molecule has 5 heteroatoms. The Labute approximate surface area is 146 Å². The fraction of sp³-hybridized carbons (Fsp3) is 0.421. The van der Waals surface area contributed by atoms with Gasteiger partial charge >= 0.3 is 0 Å². The van der Waals surface area contributed by atoms with Crippen LogP contribution in [-0.2, 0) is 12.8 Å². The molecule has 0 fully saturated rings. The van der Waals surface area contributed by atoms with E-state index in [0.717, 1.165) is 34.7 Å². The van der Waals surface area contributed by atoms with Crippen molar-refractivity contribution < 1.29 is 9.53 Å². The standard InChI is InChI=1S/C19H22N2O2S/c1-3-23-13-7-5-12(6-8-13)17-20-18(22)16-14-9-4-11(2)10-15(14)24-19(16)21-17/h5-8,11,17,21H,3-4,9-10H2,1-2H3,(H,20,22)/t11-,17+/m1/s1. The van der Waals surface area contributed by atoms with Gasteiger partial charge in [-0.15, -0.1) is 11.3 Å². The Balaban J connectivity index is 1.61. The van der Waals surface area contributed by atoms with Crippen molar-refractivity contribution >= 4 is 22.2 Å². The lowest BCUT2D eigenvalue weighted by molar-refractivity contribution is 0.0935. The van der Waals surface area contributed by atoms with Crippen LogP contribution in [0, 0.1) is 5.92 Å². The summed E-state index contributed by atoms with van der Waals surface area (Å²) in [5.74, 6) is 1.61. The minimum atomic E-state index is -0.182. The van der Waals surface area contributed by atoms with E-state index in [4.69, 9.17) is 4.74 Å². The van der Waals surface area contributed by atoms with Crippen molar-refractivity contribution in [1.82, 2.24) is 5.32 Å². The number of fused-ring (bicyclic) bond motifs is 3. The zero-order chi connectivity index (χ0) is 16.7. The lowest BCUT2D eigenvalue weighted by Crippen LogP contribution is -2.38. The lowest BCUT2D eigenvalue weighted by Gasteiger charge is -2.27. The number of anilines is 1. The van der Waals surface area contributed by atoms with Gasteiger partial charge in [-0.3, -0.25) is 4.79 Å². The molecule has 4 rings (SSSR count). The third kappa shape index (κ3) is 2.67. The van der Waals surface area contributed by atoms with Crippen molar-refractivity contribution in [3.05, 3.63) is 45.8 Å². The number of carbonyl (C=O) groups excluding carboxylic acids is 1. The molecule has 2 N–H and O–H groups in total. The van der Waals surface area contributed by atoms with Crippen LogP contribution in [-0.4, -0.2) is 12.5 Å². The highest BCUT2D eigenvalue weighted by Gasteiger charge is 2.32. The van der Waals surface area contributed by atoms with E-state index in [-0.39, 0.29) is 12.1 Å². The summed E-state index contributed by atoms with van der Waals surface area (Å²) in [4.78, 5) is 14.1. The molecule has 0 saturated carbocycles. The second-order valence-corrected chi connectivity index (χ2v) is 7.71. The Kier molecular flexibility index (Phi) is 3.96. The fourth-order valence-corrected chi connectivity index (χ4v) is 4.99. The molecule has 2 aliphatic rings. The van der Waals surface area contributed by atoms with Crippen LogP contribution in [0.15, 0.2) is 24.3 Å². The zero-order valence-electron chi connectivity index (χ0n) is 14.0. The van der Waals surface area contributed by atoms with Gasteiger partial charge in [-0.25, -0.2) is 0 Å².